The first kappa shape index (κ1) is 20.6. The molecule has 5 aromatic rings. The molecule has 5 heteroatoms. The lowest BCUT2D eigenvalue weighted by atomic mass is 10.1. The molecule has 0 aromatic heterocycles. The minimum absolute atomic E-state index is 0.0303. The molecule has 0 saturated heterocycles. The summed E-state index contributed by atoms with van der Waals surface area (Å²) < 4.78 is -0.0303. The standard InChI is InChI=1S/C27H19NO2S2/c29-28(30)24-11-5-10-23(16-24)27(31-25-14-12-19-6-1-3-8-21(19)17-25)32-26-15-13-20-7-2-4-9-22(20)18-26/h1-18,27H. The minimum atomic E-state index is -0.331. The second kappa shape index (κ2) is 9.07. The molecule has 0 unspecified atom stereocenters. The Kier molecular flexibility index (Phi) is 5.84. The Balaban J connectivity index is 1.52. The van der Waals surface area contributed by atoms with Gasteiger partial charge in [0.05, 0.1) is 9.51 Å². The number of nitrogens with zero attached hydrogens (tertiary/aromatic N) is 1. The normalized spacial score (nSPS) is 11.3. The van der Waals surface area contributed by atoms with Crippen molar-refractivity contribution >= 4 is 50.8 Å². The molecule has 0 heterocycles. The van der Waals surface area contributed by atoms with Crippen LogP contribution in [0.1, 0.15) is 10.1 Å². The Labute approximate surface area is 194 Å². The average Bonchev–Trinajstić information content (AvgIpc) is 2.83. The van der Waals surface area contributed by atoms with Crippen molar-refractivity contribution in [3.63, 3.8) is 0 Å². The topological polar surface area (TPSA) is 43.1 Å². The number of nitro benzene ring substituents is 1. The zero-order valence-electron chi connectivity index (χ0n) is 17.0. The maximum absolute atomic E-state index is 11.4. The number of hydrogen-bond acceptors (Lipinski definition) is 4. The highest BCUT2D eigenvalue weighted by molar-refractivity contribution is 8.16. The quantitative estimate of drug-likeness (QED) is 0.112. The highest BCUT2D eigenvalue weighted by Gasteiger charge is 2.18. The van der Waals surface area contributed by atoms with Gasteiger partial charge in [0.1, 0.15) is 0 Å². The van der Waals surface area contributed by atoms with Crippen LogP contribution in [-0.2, 0) is 0 Å². The van der Waals surface area contributed by atoms with Gasteiger partial charge in [-0.15, -0.1) is 23.5 Å². The van der Waals surface area contributed by atoms with E-state index in [-0.39, 0.29) is 15.2 Å². The molecule has 0 radical (unpaired) electrons. The highest BCUT2D eigenvalue weighted by atomic mass is 32.2. The molecule has 0 N–H and O–H groups in total. The van der Waals surface area contributed by atoms with Gasteiger partial charge in [0.15, 0.2) is 0 Å². The molecule has 0 aliphatic carbocycles. The Bertz CT molecular complexity index is 1350. The van der Waals surface area contributed by atoms with Gasteiger partial charge in [0.2, 0.25) is 0 Å². The van der Waals surface area contributed by atoms with Gasteiger partial charge in [-0.05, 0) is 51.4 Å². The molecule has 5 aromatic carbocycles. The number of nitro groups is 1. The van der Waals surface area contributed by atoms with Crippen LogP contribution in [0.3, 0.4) is 0 Å². The Morgan fingerprint density at radius 1 is 0.594 bits per heavy atom. The van der Waals surface area contributed by atoms with Gasteiger partial charge in [-0.2, -0.15) is 0 Å². The predicted octanol–water partition coefficient (Wildman–Crippen LogP) is 8.48. The summed E-state index contributed by atoms with van der Waals surface area (Å²) >= 11 is 3.44. The van der Waals surface area contributed by atoms with Crippen LogP contribution in [-0.4, -0.2) is 4.92 Å². The fourth-order valence-electron chi connectivity index (χ4n) is 3.67. The summed E-state index contributed by atoms with van der Waals surface area (Å²) in [7, 11) is 0. The van der Waals surface area contributed by atoms with Crippen molar-refractivity contribution in [3.8, 4) is 0 Å². The van der Waals surface area contributed by atoms with Gasteiger partial charge in [-0.1, -0.05) is 72.8 Å². The van der Waals surface area contributed by atoms with Crippen molar-refractivity contribution in [2.75, 3.05) is 0 Å². The van der Waals surface area contributed by atoms with Crippen molar-refractivity contribution in [1.82, 2.24) is 0 Å². The molecule has 0 fully saturated rings. The van der Waals surface area contributed by atoms with Crippen LogP contribution in [0.25, 0.3) is 21.5 Å². The molecule has 0 spiro atoms. The van der Waals surface area contributed by atoms with Crippen molar-refractivity contribution in [3.05, 3.63) is 125 Å². The highest BCUT2D eigenvalue weighted by Crippen LogP contribution is 2.48. The van der Waals surface area contributed by atoms with Crippen LogP contribution in [0.4, 0.5) is 5.69 Å². The van der Waals surface area contributed by atoms with E-state index in [0.29, 0.717) is 0 Å². The summed E-state index contributed by atoms with van der Waals surface area (Å²) in [5.74, 6) is 0. The van der Waals surface area contributed by atoms with Crippen LogP contribution in [0.5, 0.6) is 0 Å². The number of hydrogen-bond donors (Lipinski definition) is 0. The van der Waals surface area contributed by atoms with E-state index in [2.05, 4.69) is 60.7 Å². The number of thioether (sulfide) groups is 2. The van der Waals surface area contributed by atoms with E-state index in [1.165, 1.54) is 21.5 Å². The van der Waals surface area contributed by atoms with Gasteiger partial charge in [0.25, 0.3) is 5.69 Å². The molecule has 0 aliphatic heterocycles. The number of benzene rings is 5. The van der Waals surface area contributed by atoms with E-state index >= 15 is 0 Å². The van der Waals surface area contributed by atoms with Gasteiger partial charge >= 0.3 is 0 Å². The third kappa shape index (κ3) is 4.49. The first-order valence-corrected chi connectivity index (χ1v) is 12.0. The second-order valence-corrected chi connectivity index (χ2v) is 10.1. The van der Waals surface area contributed by atoms with E-state index in [4.69, 9.17) is 0 Å². The number of non-ortho nitro benzene ring substituents is 1. The lowest BCUT2D eigenvalue weighted by Crippen LogP contribution is -1.94. The van der Waals surface area contributed by atoms with E-state index in [1.54, 1.807) is 41.7 Å². The second-order valence-electron chi connectivity index (χ2n) is 7.44. The average molecular weight is 454 g/mol. The fourth-order valence-corrected chi connectivity index (χ4v) is 6.28. The molecule has 5 rings (SSSR count). The fraction of sp³-hybridized carbons (Fsp3) is 0.0370. The molecule has 3 nitrogen and oxygen atoms in total. The van der Waals surface area contributed by atoms with E-state index in [1.807, 2.05) is 30.3 Å². The van der Waals surface area contributed by atoms with Crippen molar-refractivity contribution in [2.45, 2.75) is 14.4 Å². The lowest BCUT2D eigenvalue weighted by Gasteiger charge is -2.17. The number of rotatable bonds is 6. The van der Waals surface area contributed by atoms with Crippen LogP contribution in [0, 0.1) is 10.1 Å². The first-order valence-electron chi connectivity index (χ1n) is 10.2. The maximum Gasteiger partial charge on any atom is 0.269 e. The molecule has 0 bridgehead atoms. The minimum Gasteiger partial charge on any atom is -0.258 e. The Hall–Kier alpha value is -3.28. The van der Waals surface area contributed by atoms with Crippen LogP contribution >= 0.6 is 23.5 Å². The van der Waals surface area contributed by atoms with Crippen LogP contribution < -0.4 is 0 Å². The molecule has 0 amide bonds. The van der Waals surface area contributed by atoms with Gasteiger partial charge in [-0.3, -0.25) is 10.1 Å². The zero-order valence-corrected chi connectivity index (χ0v) is 18.7. The lowest BCUT2D eigenvalue weighted by molar-refractivity contribution is -0.384. The molecular weight excluding hydrogens is 434 g/mol. The van der Waals surface area contributed by atoms with Gasteiger partial charge < -0.3 is 0 Å². The Morgan fingerprint density at radius 2 is 1.12 bits per heavy atom. The summed E-state index contributed by atoms with van der Waals surface area (Å²) in [6.45, 7) is 0. The first-order chi connectivity index (χ1) is 15.7. The van der Waals surface area contributed by atoms with Gasteiger partial charge in [0, 0.05) is 21.9 Å². The summed E-state index contributed by atoms with van der Waals surface area (Å²) in [6, 6.07) is 36.4. The van der Waals surface area contributed by atoms with Crippen LogP contribution in [0.15, 0.2) is 119 Å². The predicted molar refractivity (Wildman–Crippen MR) is 135 cm³/mol. The summed E-state index contributed by atoms with van der Waals surface area (Å²) in [6.07, 6.45) is 0. The molecule has 32 heavy (non-hydrogen) atoms. The molecular formula is C27H19NO2S2. The number of fused-ring (bicyclic) bond motifs is 2. The van der Waals surface area contributed by atoms with E-state index in [9.17, 15) is 10.1 Å². The third-order valence-corrected chi connectivity index (χ3v) is 7.88. The van der Waals surface area contributed by atoms with Crippen LogP contribution in [0.2, 0.25) is 0 Å². The molecule has 0 saturated carbocycles. The largest absolute Gasteiger partial charge is 0.269 e. The molecule has 0 atom stereocenters. The summed E-state index contributed by atoms with van der Waals surface area (Å²) in [4.78, 5) is 13.3. The summed E-state index contributed by atoms with van der Waals surface area (Å²) in [5.41, 5.74) is 1.04. The monoisotopic (exact) mass is 453 g/mol. The summed E-state index contributed by atoms with van der Waals surface area (Å²) in [5, 5.41) is 16.1. The maximum atomic E-state index is 11.4. The van der Waals surface area contributed by atoms with Crippen molar-refractivity contribution < 1.29 is 4.92 Å². The zero-order chi connectivity index (χ0) is 21.9. The molecule has 156 valence electrons. The Morgan fingerprint density at radius 3 is 1.66 bits per heavy atom. The van der Waals surface area contributed by atoms with Crippen molar-refractivity contribution in [2.24, 2.45) is 0 Å². The van der Waals surface area contributed by atoms with Crippen molar-refractivity contribution in [1.29, 1.82) is 0 Å². The van der Waals surface area contributed by atoms with Gasteiger partial charge in [-0.25, -0.2) is 0 Å². The smallest absolute Gasteiger partial charge is 0.258 e. The SMILES string of the molecule is O=[N+]([O-])c1cccc(C(Sc2ccc3ccccc3c2)Sc2ccc3ccccc3c2)c1. The third-order valence-electron chi connectivity index (χ3n) is 5.28. The molecule has 0 aliphatic rings. The van der Waals surface area contributed by atoms with E-state index < -0.39 is 0 Å². The van der Waals surface area contributed by atoms with E-state index in [0.717, 1.165) is 15.4 Å².